The van der Waals surface area contributed by atoms with Gasteiger partial charge in [0.15, 0.2) is 0 Å². The second-order valence-electron chi connectivity index (χ2n) is 7.73. The van der Waals surface area contributed by atoms with Crippen molar-refractivity contribution in [3.63, 3.8) is 0 Å². The van der Waals surface area contributed by atoms with E-state index in [0.29, 0.717) is 25.4 Å². The fourth-order valence-electron chi connectivity index (χ4n) is 4.12. The molecule has 28 heavy (non-hydrogen) atoms. The molecule has 0 unspecified atom stereocenters. The van der Waals surface area contributed by atoms with Crippen LogP contribution in [-0.4, -0.2) is 52.8 Å². The van der Waals surface area contributed by atoms with Crippen LogP contribution in [-0.2, 0) is 16.0 Å². The van der Waals surface area contributed by atoms with Gasteiger partial charge in [-0.2, -0.15) is 0 Å². The molecule has 0 spiro atoms. The van der Waals surface area contributed by atoms with E-state index in [9.17, 15) is 9.59 Å². The summed E-state index contributed by atoms with van der Waals surface area (Å²) in [5.41, 5.74) is 1.92. The lowest BCUT2D eigenvalue weighted by atomic mass is 9.94. The van der Waals surface area contributed by atoms with Crippen LogP contribution < -0.4 is 0 Å². The summed E-state index contributed by atoms with van der Waals surface area (Å²) in [6.45, 7) is 3.18. The second-order valence-corrected chi connectivity index (χ2v) is 8.59. The minimum atomic E-state index is 0.0890. The van der Waals surface area contributed by atoms with Crippen molar-refractivity contribution in [2.45, 2.75) is 38.5 Å². The number of hydrogen-bond acceptors (Lipinski definition) is 4. The number of carbonyl (C=O) groups excluding carboxylic acids is 2. The standard InChI is InChI=1S/C22H27N3O2S/c26-20(15-19-16-28-21(23-19)17-7-3-1-4-8-17)24-13-9-18(10-14-24)22(27)25-11-5-2-6-12-25/h1,3-4,7-8,16,18H,2,5-6,9-15H2. The van der Waals surface area contributed by atoms with Gasteiger partial charge in [0.05, 0.1) is 12.1 Å². The molecule has 4 rings (SSSR count). The molecule has 2 saturated heterocycles. The number of rotatable bonds is 4. The molecular weight excluding hydrogens is 370 g/mol. The van der Waals surface area contributed by atoms with Crippen LogP contribution in [0, 0.1) is 5.92 Å². The Balaban J connectivity index is 1.28. The molecule has 2 aromatic rings. The number of carbonyl (C=O) groups is 2. The Morgan fingerprint density at radius 2 is 1.68 bits per heavy atom. The van der Waals surface area contributed by atoms with Gasteiger partial charge in [0.2, 0.25) is 11.8 Å². The summed E-state index contributed by atoms with van der Waals surface area (Å²) in [4.78, 5) is 33.9. The molecule has 0 radical (unpaired) electrons. The van der Waals surface area contributed by atoms with Crippen LogP contribution in [0.15, 0.2) is 35.7 Å². The number of amides is 2. The third-order valence-electron chi connectivity index (χ3n) is 5.77. The van der Waals surface area contributed by atoms with E-state index in [1.54, 1.807) is 11.3 Å². The summed E-state index contributed by atoms with van der Waals surface area (Å²) >= 11 is 1.58. The fraction of sp³-hybridized carbons (Fsp3) is 0.500. The average molecular weight is 398 g/mol. The molecule has 2 fully saturated rings. The largest absolute Gasteiger partial charge is 0.342 e. The molecule has 0 aliphatic carbocycles. The first-order valence-electron chi connectivity index (χ1n) is 10.3. The van der Waals surface area contributed by atoms with Gasteiger partial charge in [0.1, 0.15) is 5.01 Å². The summed E-state index contributed by atoms with van der Waals surface area (Å²) in [6, 6.07) is 10.1. The Morgan fingerprint density at radius 3 is 2.39 bits per heavy atom. The van der Waals surface area contributed by atoms with Gasteiger partial charge in [-0.25, -0.2) is 4.98 Å². The van der Waals surface area contributed by atoms with E-state index in [4.69, 9.17) is 0 Å². The molecule has 2 aliphatic heterocycles. The van der Waals surface area contributed by atoms with Crippen LogP contribution in [0.5, 0.6) is 0 Å². The molecule has 0 saturated carbocycles. The quantitative estimate of drug-likeness (QED) is 0.792. The highest BCUT2D eigenvalue weighted by Gasteiger charge is 2.30. The molecule has 2 amide bonds. The third kappa shape index (κ3) is 4.43. The topological polar surface area (TPSA) is 53.5 Å². The lowest BCUT2D eigenvalue weighted by Gasteiger charge is -2.35. The zero-order chi connectivity index (χ0) is 19.3. The number of benzene rings is 1. The van der Waals surface area contributed by atoms with Gasteiger partial charge in [0, 0.05) is 43.0 Å². The van der Waals surface area contributed by atoms with E-state index < -0.39 is 0 Å². The molecule has 6 heteroatoms. The SMILES string of the molecule is O=C(Cc1csc(-c2ccccc2)n1)N1CCC(C(=O)N2CCCCC2)CC1. The van der Waals surface area contributed by atoms with Crippen LogP contribution >= 0.6 is 11.3 Å². The molecule has 0 N–H and O–H groups in total. The molecule has 148 valence electrons. The predicted molar refractivity (Wildman–Crippen MR) is 111 cm³/mol. The first-order valence-corrected chi connectivity index (χ1v) is 11.1. The van der Waals surface area contributed by atoms with Crippen LogP contribution in [0.25, 0.3) is 10.6 Å². The van der Waals surface area contributed by atoms with Crippen LogP contribution in [0.1, 0.15) is 37.8 Å². The van der Waals surface area contributed by atoms with Crippen molar-refractivity contribution in [2.75, 3.05) is 26.2 Å². The lowest BCUT2D eigenvalue weighted by molar-refractivity contribution is -0.141. The second kappa shape index (κ2) is 8.86. The molecular formula is C22H27N3O2S. The van der Waals surface area contributed by atoms with Crippen LogP contribution in [0.4, 0.5) is 0 Å². The Labute approximate surface area is 170 Å². The molecule has 0 atom stereocenters. The van der Waals surface area contributed by atoms with Crippen molar-refractivity contribution in [3.8, 4) is 10.6 Å². The van der Waals surface area contributed by atoms with E-state index in [0.717, 1.165) is 55.0 Å². The Hall–Kier alpha value is -2.21. The Kier molecular flexibility index (Phi) is 6.05. The summed E-state index contributed by atoms with van der Waals surface area (Å²) < 4.78 is 0. The van der Waals surface area contributed by atoms with Gasteiger partial charge in [-0.05, 0) is 32.1 Å². The molecule has 1 aromatic carbocycles. The first kappa shape index (κ1) is 19.1. The van der Waals surface area contributed by atoms with E-state index in [1.807, 2.05) is 45.5 Å². The zero-order valence-electron chi connectivity index (χ0n) is 16.2. The minimum absolute atomic E-state index is 0.0890. The molecule has 1 aromatic heterocycles. The fourth-order valence-corrected chi connectivity index (χ4v) is 4.94. The molecule has 5 nitrogen and oxygen atoms in total. The predicted octanol–water partition coefficient (Wildman–Crippen LogP) is 3.60. The van der Waals surface area contributed by atoms with Crippen molar-refractivity contribution in [1.29, 1.82) is 0 Å². The molecule has 2 aliphatic rings. The monoisotopic (exact) mass is 397 g/mol. The highest BCUT2D eigenvalue weighted by molar-refractivity contribution is 7.13. The van der Waals surface area contributed by atoms with Gasteiger partial charge in [-0.1, -0.05) is 30.3 Å². The number of aromatic nitrogens is 1. The number of nitrogens with zero attached hydrogens (tertiary/aromatic N) is 3. The maximum absolute atomic E-state index is 12.7. The van der Waals surface area contributed by atoms with Gasteiger partial charge < -0.3 is 9.80 Å². The lowest BCUT2D eigenvalue weighted by Crippen LogP contribution is -2.46. The van der Waals surface area contributed by atoms with Crippen molar-refractivity contribution in [3.05, 3.63) is 41.4 Å². The average Bonchev–Trinajstić information content (AvgIpc) is 3.23. The van der Waals surface area contributed by atoms with E-state index in [1.165, 1.54) is 6.42 Å². The van der Waals surface area contributed by atoms with Gasteiger partial charge in [0.25, 0.3) is 0 Å². The molecule has 3 heterocycles. The van der Waals surface area contributed by atoms with Crippen molar-refractivity contribution in [2.24, 2.45) is 5.92 Å². The minimum Gasteiger partial charge on any atom is -0.342 e. The summed E-state index contributed by atoms with van der Waals surface area (Å²) in [5.74, 6) is 0.513. The van der Waals surface area contributed by atoms with Crippen LogP contribution in [0.2, 0.25) is 0 Å². The Morgan fingerprint density at radius 1 is 0.964 bits per heavy atom. The summed E-state index contributed by atoms with van der Waals surface area (Å²) in [7, 11) is 0. The van der Waals surface area contributed by atoms with Crippen molar-refractivity contribution in [1.82, 2.24) is 14.8 Å². The normalized spacial score (nSPS) is 18.3. The number of hydrogen-bond donors (Lipinski definition) is 0. The summed E-state index contributed by atoms with van der Waals surface area (Å²) in [5, 5.41) is 2.93. The van der Waals surface area contributed by atoms with Crippen molar-refractivity contribution >= 4 is 23.2 Å². The van der Waals surface area contributed by atoms with Gasteiger partial charge in [-0.15, -0.1) is 11.3 Å². The maximum Gasteiger partial charge on any atom is 0.228 e. The van der Waals surface area contributed by atoms with E-state index >= 15 is 0 Å². The van der Waals surface area contributed by atoms with E-state index in [2.05, 4.69) is 4.98 Å². The van der Waals surface area contributed by atoms with Crippen LogP contribution in [0.3, 0.4) is 0 Å². The number of likely N-dealkylation sites (tertiary alicyclic amines) is 2. The van der Waals surface area contributed by atoms with Crippen molar-refractivity contribution < 1.29 is 9.59 Å². The van der Waals surface area contributed by atoms with Gasteiger partial charge >= 0.3 is 0 Å². The maximum atomic E-state index is 12.7. The number of thiazole rings is 1. The smallest absolute Gasteiger partial charge is 0.228 e. The Bertz CT molecular complexity index is 806. The highest BCUT2D eigenvalue weighted by atomic mass is 32.1. The van der Waals surface area contributed by atoms with Gasteiger partial charge in [-0.3, -0.25) is 9.59 Å². The molecule has 0 bridgehead atoms. The first-order chi connectivity index (χ1) is 13.7. The number of piperidine rings is 2. The zero-order valence-corrected chi connectivity index (χ0v) is 17.0. The summed E-state index contributed by atoms with van der Waals surface area (Å²) in [6.07, 6.45) is 5.40. The third-order valence-corrected chi connectivity index (χ3v) is 6.71. The highest BCUT2D eigenvalue weighted by Crippen LogP contribution is 2.25. The van der Waals surface area contributed by atoms with E-state index in [-0.39, 0.29) is 11.8 Å².